The van der Waals surface area contributed by atoms with Crippen molar-refractivity contribution in [1.82, 2.24) is 9.97 Å². The third kappa shape index (κ3) is 1.60. The largest absolute Gasteiger partial charge is 0.454 e. The fourth-order valence-electron chi connectivity index (χ4n) is 1.82. The second-order valence-electron chi connectivity index (χ2n) is 3.65. The van der Waals surface area contributed by atoms with Crippen molar-refractivity contribution in [1.29, 1.82) is 5.26 Å². The van der Waals surface area contributed by atoms with Gasteiger partial charge in [-0.2, -0.15) is 5.26 Å². The van der Waals surface area contributed by atoms with Crippen molar-refractivity contribution in [3.63, 3.8) is 0 Å². The van der Waals surface area contributed by atoms with Crippen molar-refractivity contribution < 1.29 is 9.47 Å². The van der Waals surface area contributed by atoms with E-state index in [0.717, 1.165) is 5.56 Å². The van der Waals surface area contributed by atoms with Crippen LogP contribution in [0.3, 0.4) is 0 Å². The summed E-state index contributed by atoms with van der Waals surface area (Å²) >= 11 is 0. The maximum atomic E-state index is 9.22. The molecule has 1 aliphatic rings. The summed E-state index contributed by atoms with van der Waals surface area (Å²) in [5.41, 5.74) is 0.840. The van der Waals surface area contributed by atoms with E-state index < -0.39 is 5.92 Å². The zero-order chi connectivity index (χ0) is 11.7. The summed E-state index contributed by atoms with van der Waals surface area (Å²) < 4.78 is 10.5. The van der Waals surface area contributed by atoms with E-state index in [1.54, 1.807) is 12.4 Å². The molecule has 1 atom stereocenters. The minimum Gasteiger partial charge on any atom is -0.454 e. The molecule has 0 amide bonds. The zero-order valence-electron chi connectivity index (χ0n) is 8.88. The van der Waals surface area contributed by atoms with Gasteiger partial charge in [0.15, 0.2) is 11.5 Å². The summed E-state index contributed by atoms with van der Waals surface area (Å²) in [5.74, 6) is 1.60. The Labute approximate surface area is 97.6 Å². The van der Waals surface area contributed by atoms with Crippen molar-refractivity contribution in [2.75, 3.05) is 6.79 Å². The minimum atomic E-state index is -0.417. The van der Waals surface area contributed by atoms with Crippen LogP contribution < -0.4 is 9.47 Å². The summed E-state index contributed by atoms with van der Waals surface area (Å²) in [6.45, 7) is 0.233. The van der Waals surface area contributed by atoms with E-state index in [-0.39, 0.29) is 6.79 Å². The minimum absolute atomic E-state index is 0.233. The van der Waals surface area contributed by atoms with Crippen molar-refractivity contribution in [2.45, 2.75) is 5.92 Å². The van der Waals surface area contributed by atoms with Gasteiger partial charge in [-0.3, -0.25) is 0 Å². The third-order valence-electron chi connectivity index (χ3n) is 2.65. The van der Waals surface area contributed by atoms with Gasteiger partial charge in [0.2, 0.25) is 6.79 Å². The second kappa shape index (κ2) is 3.83. The lowest BCUT2D eigenvalue weighted by Gasteiger charge is -2.07. The van der Waals surface area contributed by atoms with Crippen LogP contribution in [0.25, 0.3) is 0 Å². The van der Waals surface area contributed by atoms with Crippen molar-refractivity contribution in [2.24, 2.45) is 0 Å². The van der Waals surface area contributed by atoms with Gasteiger partial charge in [0.05, 0.1) is 6.07 Å². The Morgan fingerprint density at radius 2 is 2.24 bits per heavy atom. The topological polar surface area (TPSA) is 70.9 Å². The number of nitrogens with zero attached hydrogens (tertiary/aromatic N) is 2. The number of nitrogens with one attached hydrogen (secondary N) is 1. The molecule has 0 aliphatic carbocycles. The number of ether oxygens (including phenoxy) is 2. The molecule has 1 aliphatic heterocycles. The van der Waals surface area contributed by atoms with Crippen molar-refractivity contribution in [3.05, 3.63) is 42.0 Å². The molecule has 3 rings (SSSR count). The van der Waals surface area contributed by atoms with Crippen molar-refractivity contribution in [3.8, 4) is 17.6 Å². The molecular weight excluding hydrogens is 218 g/mol. The number of H-pyrrole nitrogens is 1. The lowest BCUT2D eigenvalue weighted by Crippen LogP contribution is -2.00. The highest BCUT2D eigenvalue weighted by atomic mass is 16.7. The van der Waals surface area contributed by atoms with Gasteiger partial charge in [-0.1, -0.05) is 6.07 Å². The van der Waals surface area contributed by atoms with Gasteiger partial charge in [-0.05, 0) is 17.7 Å². The molecule has 0 fully saturated rings. The Kier molecular flexibility index (Phi) is 2.19. The van der Waals surface area contributed by atoms with Crippen LogP contribution in [0.4, 0.5) is 0 Å². The number of benzene rings is 1. The number of aromatic nitrogens is 2. The molecule has 2 heterocycles. The van der Waals surface area contributed by atoms with Crippen LogP contribution in [-0.4, -0.2) is 16.8 Å². The van der Waals surface area contributed by atoms with Gasteiger partial charge in [0.25, 0.3) is 0 Å². The molecule has 1 N–H and O–H groups in total. The van der Waals surface area contributed by atoms with Crippen LogP contribution in [0.5, 0.6) is 11.5 Å². The normalized spacial score (nSPS) is 14.3. The molecule has 0 bridgehead atoms. The number of nitriles is 1. The molecule has 0 saturated carbocycles. The first-order valence-electron chi connectivity index (χ1n) is 5.17. The summed E-state index contributed by atoms with van der Waals surface area (Å²) in [6, 6.07) is 7.70. The fraction of sp³-hybridized carbons (Fsp3) is 0.167. The lowest BCUT2D eigenvalue weighted by atomic mass is 9.99. The first kappa shape index (κ1) is 9.73. The zero-order valence-corrected chi connectivity index (χ0v) is 8.88. The van der Waals surface area contributed by atoms with E-state index >= 15 is 0 Å². The first-order chi connectivity index (χ1) is 8.38. The third-order valence-corrected chi connectivity index (χ3v) is 2.65. The Bertz CT molecular complexity index is 572. The smallest absolute Gasteiger partial charge is 0.231 e. The van der Waals surface area contributed by atoms with E-state index in [4.69, 9.17) is 9.47 Å². The Morgan fingerprint density at radius 1 is 1.35 bits per heavy atom. The molecule has 5 heteroatoms. The van der Waals surface area contributed by atoms with E-state index in [0.29, 0.717) is 17.3 Å². The van der Waals surface area contributed by atoms with E-state index in [9.17, 15) is 5.26 Å². The fourth-order valence-corrected chi connectivity index (χ4v) is 1.82. The Morgan fingerprint density at radius 3 is 3.00 bits per heavy atom. The van der Waals surface area contributed by atoms with Crippen LogP contribution in [-0.2, 0) is 0 Å². The Balaban J connectivity index is 2.01. The van der Waals surface area contributed by atoms with Crippen molar-refractivity contribution >= 4 is 0 Å². The van der Waals surface area contributed by atoms with Gasteiger partial charge in [-0.25, -0.2) is 4.98 Å². The molecule has 1 aromatic heterocycles. The summed E-state index contributed by atoms with van der Waals surface area (Å²) in [5, 5.41) is 9.22. The number of hydrogen-bond donors (Lipinski definition) is 1. The SMILES string of the molecule is N#CC(c1ccc2c(c1)OCO2)c1ncc[nH]1. The summed E-state index contributed by atoms with van der Waals surface area (Å²) in [6.07, 6.45) is 3.33. The number of imidazole rings is 1. The molecule has 0 saturated heterocycles. The standard InChI is InChI=1S/C12H9N3O2/c13-6-9(12-14-3-4-15-12)8-1-2-10-11(5-8)17-7-16-10/h1-5,9H,7H2,(H,14,15). The summed E-state index contributed by atoms with van der Waals surface area (Å²) in [4.78, 5) is 7.06. The predicted molar refractivity (Wildman–Crippen MR) is 58.6 cm³/mol. The Hall–Kier alpha value is -2.48. The quantitative estimate of drug-likeness (QED) is 0.849. The average Bonchev–Trinajstić information content (AvgIpc) is 2.99. The van der Waals surface area contributed by atoms with Gasteiger partial charge in [-0.15, -0.1) is 0 Å². The maximum Gasteiger partial charge on any atom is 0.231 e. The number of rotatable bonds is 2. The van der Waals surface area contributed by atoms with Gasteiger partial charge in [0.1, 0.15) is 11.7 Å². The van der Waals surface area contributed by atoms with Gasteiger partial charge in [0, 0.05) is 12.4 Å². The maximum absolute atomic E-state index is 9.22. The molecular formula is C12H9N3O2. The average molecular weight is 227 g/mol. The first-order valence-corrected chi connectivity index (χ1v) is 5.17. The van der Waals surface area contributed by atoms with Crippen LogP contribution in [0.15, 0.2) is 30.6 Å². The molecule has 2 aromatic rings. The molecule has 0 spiro atoms. The molecule has 1 unspecified atom stereocenters. The number of hydrogen-bond acceptors (Lipinski definition) is 4. The highest BCUT2D eigenvalue weighted by molar-refractivity contribution is 5.47. The molecule has 84 valence electrons. The molecule has 1 aromatic carbocycles. The number of aromatic amines is 1. The van der Waals surface area contributed by atoms with E-state index in [1.807, 2.05) is 18.2 Å². The van der Waals surface area contributed by atoms with Crippen LogP contribution in [0.1, 0.15) is 17.3 Å². The highest BCUT2D eigenvalue weighted by Gasteiger charge is 2.20. The van der Waals surface area contributed by atoms with Gasteiger partial charge < -0.3 is 14.5 Å². The van der Waals surface area contributed by atoms with Crippen LogP contribution in [0, 0.1) is 11.3 Å². The van der Waals surface area contributed by atoms with Crippen LogP contribution in [0.2, 0.25) is 0 Å². The van der Waals surface area contributed by atoms with Gasteiger partial charge >= 0.3 is 0 Å². The van der Waals surface area contributed by atoms with Crippen LogP contribution >= 0.6 is 0 Å². The monoisotopic (exact) mass is 227 g/mol. The second-order valence-corrected chi connectivity index (χ2v) is 3.65. The lowest BCUT2D eigenvalue weighted by molar-refractivity contribution is 0.174. The number of fused-ring (bicyclic) bond motifs is 1. The molecule has 17 heavy (non-hydrogen) atoms. The summed E-state index contributed by atoms with van der Waals surface area (Å²) in [7, 11) is 0. The predicted octanol–water partition coefficient (Wildman–Crippen LogP) is 1.79. The molecule has 5 nitrogen and oxygen atoms in total. The molecule has 0 radical (unpaired) electrons. The van der Waals surface area contributed by atoms with E-state index in [1.165, 1.54) is 0 Å². The highest BCUT2D eigenvalue weighted by Crippen LogP contribution is 2.35. The van der Waals surface area contributed by atoms with E-state index in [2.05, 4.69) is 16.0 Å².